The molecule has 0 heterocycles. The van der Waals surface area contributed by atoms with Crippen LogP contribution < -0.4 is 5.32 Å². The lowest BCUT2D eigenvalue weighted by atomic mass is 10.0. The SMILES string of the molecule is CCCCCCCCC/C=C\CCCCCCCCCC(=O)OCCCCCCCCC/C=C\CCCCCCCC(=O)NC(CO)C(O)CCCCCCCCCCCCC. The van der Waals surface area contributed by atoms with E-state index < -0.39 is 12.1 Å². The summed E-state index contributed by atoms with van der Waals surface area (Å²) < 4.78 is 5.48. The molecule has 0 aromatic rings. The molecule has 0 aromatic carbocycles. The number of aliphatic hydroxyl groups is 2. The molecule has 3 N–H and O–H groups in total. The van der Waals surface area contributed by atoms with Crippen LogP contribution in [0.4, 0.5) is 0 Å². The first-order valence-electron chi connectivity index (χ1n) is 27.6. The molecule has 2 unspecified atom stereocenters. The second kappa shape index (κ2) is 52.0. The highest BCUT2D eigenvalue weighted by Crippen LogP contribution is 2.16. The van der Waals surface area contributed by atoms with Crippen molar-refractivity contribution in [3.63, 3.8) is 0 Å². The fourth-order valence-corrected chi connectivity index (χ4v) is 8.45. The summed E-state index contributed by atoms with van der Waals surface area (Å²) in [5, 5.41) is 23.1. The van der Waals surface area contributed by atoms with Gasteiger partial charge in [0.15, 0.2) is 0 Å². The Morgan fingerprint density at radius 1 is 0.435 bits per heavy atom. The van der Waals surface area contributed by atoms with Gasteiger partial charge < -0.3 is 20.3 Å². The fraction of sp³-hybridized carbons (Fsp3) is 0.893. The number of esters is 1. The van der Waals surface area contributed by atoms with Gasteiger partial charge in [0.2, 0.25) is 5.91 Å². The van der Waals surface area contributed by atoms with Gasteiger partial charge in [-0.3, -0.25) is 9.59 Å². The molecule has 62 heavy (non-hydrogen) atoms. The third-order valence-electron chi connectivity index (χ3n) is 12.7. The topological polar surface area (TPSA) is 95.9 Å². The number of aliphatic hydroxyl groups excluding tert-OH is 2. The van der Waals surface area contributed by atoms with Crippen molar-refractivity contribution in [2.24, 2.45) is 0 Å². The molecule has 0 saturated carbocycles. The van der Waals surface area contributed by atoms with Gasteiger partial charge in [-0.05, 0) is 77.0 Å². The van der Waals surface area contributed by atoms with Crippen LogP contribution in [0.15, 0.2) is 24.3 Å². The summed E-state index contributed by atoms with van der Waals surface area (Å²) in [6, 6.07) is -0.552. The molecule has 1 amide bonds. The Labute approximate surface area is 386 Å². The highest BCUT2D eigenvalue weighted by molar-refractivity contribution is 5.76. The van der Waals surface area contributed by atoms with E-state index in [1.807, 2.05) is 0 Å². The minimum atomic E-state index is -0.673. The van der Waals surface area contributed by atoms with Gasteiger partial charge in [0.1, 0.15) is 0 Å². The van der Waals surface area contributed by atoms with E-state index in [1.165, 1.54) is 199 Å². The van der Waals surface area contributed by atoms with Crippen LogP contribution in [-0.4, -0.2) is 47.4 Å². The van der Waals surface area contributed by atoms with Crippen molar-refractivity contribution in [3.05, 3.63) is 24.3 Å². The van der Waals surface area contributed by atoms with Gasteiger partial charge in [-0.25, -0.2) is 0 Å². The third kappa shape index (κ3) is 47.8. The maximum absolute atomic E-state index is 12.4. The first kappa shape index (κ1) is 60.3. The predicted molar refractivity (Wildman–Crippen MR) is 269 cm³/mol. The molecule has 0 aliphatic rings. The van der Waals surface area contributed by atoms with E-state index in [2.05, 4.69) is 43.5 Å². The summed E-state index contributed by atoms with van der Waals surface area (Å²) in [7, 11) is 0. The fourth-order valence-electron chi connectivity index (χ4n) is 8.45. The smallest absolute Gasteiger partial charge is 0.305 e. The van der Waals surface area contributed by atoms with E-state index >= 15 is 0 Å². The van der Waals surface area contributed by atoms with Crippen LogP contribution in [0.25, 0.3) is 0 Å². The number of rotatable bonds is 51. The maximum atomic E-state index is 12.4. The van der Waals surface area contributed by atoms with Crippen LogP contribution >= 0.6 is 0 Å². The number of hydrogen-bond donors (Lipinski definition) is 3. The number of carbonyl (C=O) groups excluding carboxylic acids is 2. The monoisotopic (exact) mass is 874 g/mol. The Morgan fingerprint density at radius 2 is 0.758 bits per heavy atom. The standard InChI is InChI=1S/C56H107NO5/c1-3-5-7-9-11-13-15-16-17-18-19-23-26-30-34-38-42-46-50-56(61)62-51-47-43-39-35-31-27-24-21-20-22-25-29-33-37-41-45-49-55(60)57-53(52-58)54(59)48-44-40-36-32-28-14-12-10-8-6-4-2/h17-18,20,22,53-54,58-59H,3-16,19,21,23-52H2,1-2H3,(H,57,60)/b18-17-,22-20-. The van der Waals surface area contributed by atoms with Crippen molar-refractivity contribution in [3.8, 4) is 0 Å². The number of unbranched alkanes of at least 4 members (excludes halogenated alkanes) is 36. The van der Waals surface area contributed by atoms with Gasteiger partial charge in [-0.15, -0.1) is 0 Å². The summed E-state index contributed by atoms with van der Waals surface area (Å²) in [6.45, 7) is 4.92. The van der Waals surface area contributed by atoms with Crippen LogP contribution in [0.3, 0.4) is 0 Å². The Balaban J connectivity index is 3.44. The van der Waals surface area contributed by atoms with Gasteiger partial charge in [0.05, 0.1) is 25.4 Å². The highest BCUT2D eigenvalue weighted by Gasteiger charge is 2.20. The van der Waals surface area contributed by atoms with Crippen LogP contribution in [0, 0.1) is 0 Å². The van der Waals surface area contributed by atoms with Gasteiger partial charge in [0, 0.05) is 12.8 Å². The van der Waals surface area contributed by atoms with Crippen molar-refractivity contribution >= 4 is 11.9 Å². The van der Waals surface area contributed by atoms with Crippen LogP contribution in [-0.2, 0) is 14.3 Å². The highest BCUT2D eigenvalue weighted by atomic mass is 16.5. The molecule has 6 nitrogen and oxygen atoms in total. The molecule has 0 aliphatic heterocycles. The van der Waals surface area contributed by atoms with Crippen molar-refractivity contribution < 1.29 is 24.5 Å². The van der Waals surface area contributed by atoms with E-state index in [1.54, 1.807) is 0 Å². The van der Waals surface area contributed by atoms with Crippen LogP contribution in [0.1, 0.15) is 296 Å². The van der Waals surface area contributed by atoms with Crippen molar-refractivity contribution in [1.29, 1.82) is 0 Å². The lowest BCUT2D eigenvalue weighted by molar-refractivity contribution is -0.143. The zero-order chi connectivity index (χ0) is 45.1. The van der Waals surface area contributed by atoms with Gasteiger partial charge in [-0.2, -0.15) is 0 Å². The van der Waals surface area contributed by atoms with E-state index in [0.29, 0.717) is 25.9 Å². The first-order valence-corrected chi connectivity index (χ1v) is 27.6. The van der Waals surface area contributed by atoms with Gasteiger partial charge in [0.25, 0.3) is 0 Å². The van der Waals surface area contributed by atoms with Crippen LogP contribution in [0.5, 0.6) is 0 Å². The van der Waals surface area contributed by atoms with Crippen molar-refractivity contribution in [2.45, 2.75) is 309 Å². The lowest BCUT2D eigenvalue weighted by Crippen LogP contribution is -2.45. The summed E-state index contributed by atoms with van der Waals surface area (Å²) in [4.78, 5) is 24.5. The second-order valence-electron chi connectivity index (χ2n) is 18.9. The molecular weight excluding hydrogens is 767 g/mol. The summed E-state index contributed by atoms with van der Waals surface area (Å²) in [6.07, 6.45) is 61.6. The summed E-state index contributed by atoms with van der Waals surface area (Å²) in [5.74, 6) is -0.0590. The zero-order valence-electron chi connectivity index (χ0n) is 41.6. The predicted octanol–water partition coefficient (Wildman–Crippen LogP) is 16.7. The summed E-state index contributed by atoms with van der Waals surface area (Å²) >= 11 is 0. The van der Waals surface area contributed by atoms with Crippen molar-refractivity contribution in [1.82, 2.24) is 5.32 Å². The summed E-state index contributed by atoms with van der Waals surface area (Å²) in [5.41, 5.74) is 0. The van der Waals surface area contributed by atoms with Crippen LogP contribution in [0.2, 0.25) is 0 Å². The van der Waals surface area contributed by atoms with E-state index in [0.717, 1.165) is 64.2 Å². The molecule has 0 rings (SSSR count). The van der Waals surface area contributed by atoms with Crippen molar-refractivity contribution in [2.75, 3.05) is 13.2 Å². The Bertz CT molecular complexity index is 966. The molecule has 0 spiro atoms. The molecule has 0 saturated heterocycles. The maximum Gasteiger partial charge on any atom is 0.305 e. The van der Waals surface area contributed by atoms with E-state index in [-0.39, 0.29) is 18.5 Å². The molecule has 6 heteroatoms. The van der Waals surface area contributed by atoms with Gasteiger partial charge in [-0.1, -0.05) is 231 Å². The Morgan fingerprint density at radius 3 is 1.15 bits per heavy atom. The normalized spacial score (nSPS) is 12.8. The van der Waals surface area contributed by atoms with E-state index in [4.69, 9.17) is 4.74 Å². The number of ether oxygens (including phenoxy) is 1. The molecule has 0 aromatic heterocycles. The number of hydrogen-bond acceptors (Lipinski definition) is 5. The quantitative estimate of drug-likeness (QED) is 0.0321. The average Bonchev–Trinajstić information content (AvgIpc) is 3.27. The molecular formula is C56H107NO5. The number of allylic oxidation sites excluding steroid dienone is 4. The molecule has 0 radical (unpaired) electrons. The molecule has 366 valence electrons. The van der Waals surface area contributed by atoms with E-state index in [9.17, 15) is 19.8 Å². The molecule has 0 bridgehead atoms. The largest absolute Gasteiger partial charge is 0.466 e. The minimum absolute atomic E-state index is 0.00585. The minimum Gasteiger partial charge on any atom is -0.466 e. The van der Waals surface area contributed by atoms with Gasteiger partial charge >= 0.3 is 5.97 Å². The second-order valence-corrected chi connectivity index (χ2v) is 18.9. The Hall–Kier alpha value is -1.66. The lowest BCUT2D eigenvalue weighted by Gasteiger charge is -2.22. The Kier molecular flexibility index (Phi) is 50.6. The number of amides is 1. The zero-order valence-corrected chi connectivity index (χ0v) is 41.6. The molecule has 2 atom stereocenters. The number of carbonyl (C=O) groups is 2. The number of nitrogens with one attached hydrogen (secondary N) is 1. The average molecular weight is 874 g/mol. The first-order chi connectivity index (χ1) is 30.5. The molecule has 0 fully saturated rings. The molecule has 0 aliphatic carbocycles. The third-order valence-corrected chi connectivity index (χ3v) is 12.7.